The Bertz CT molecular complexity index is 877. The first-order valence-corrected chi connectivity index (χ1v) is 8.25. The molecule has 3 N–H and O–H groups in total. The van der Waals surface area contributed by atoms with Crippen LogP contribution in [0.25, 0.3) is 22.0 Å². The highest BCUT2D eigenvalue weighted by molar-refractivity contribution is 7.99. The van der Waals surface area contributed by atoms with Gasteiger partial charge in [0.05, 0.1) is 5.52 Å². The Hall–Kier alpha value is -2.27. The minimum Gasteiger partial charge on any atom is -0.382 e. The van der Waals surface area contributed by atoms with Gasteiger partial charge >= 0.3 is 0 Å². The Balaban J connectivity index is 2.06. The van der Waals surface area contributed by atoms with Gasteiger partial charge in [-0.3, -0.25) is 9.31 Å². The minimum atomic E-state index is -2.17. The van der Waals surface area contributed by atoms with Crippen molar-refractivity contribution in [2.24, 2.45) is 0 Å². The summed E-state index contributed by atoms with van der Waals surface area (Å²) in [7, 11) is -2.17. The summed E-state index contributed by atoms with van der Waals surface area (Å²) in [6, 6.07) is 13.6. The third-order valence-electron chi connectivity index (χ3n) is 3.28. The fourth-order valence-corrected chi connectivity index (χ4v) is 2.87. The first kappa shape index (κ1) is 12.7. The van der Waals surface area contributed by atoms with Crippen molar-refractivity contribution in [2.75, 3.05) is 12.0 Å². The lowest BCUT2D eigenvalue weighted by atomic mass is 10.0. The standard InChI is InChI=1S/C15H15N3OS/c1-20(2,19)12-6-3-10(4-7-12)11-5-8-13-14(9-11)17-18-15(13)16/h3-9H,1H2,2H3,(H3,16,17,18). The number of nitrogens with zero attached hydrogens (tertiary/aromatic N) is 1. The normalized spacial score (nSPS) is 14.2. The second-order valence-corrected chi connectivity index (χ2v) is 7.38. The van der Waals surface area contributed by atoms with E-state index in [1.807, 2.05) is 42.5 Å². The van der Waals surface area contributed by atoms with Gasteiger partial charge < -0.3 is 5.73 Å². The summed E-state index contributed by atoms with van der Waals surface area (Å²) in [6.07, 6.45) is 1.64. The number of nitrogens with two attached hydrogens (primary N) is 1. The van der Waals surface area contributed by atoms with E-state index in [0.717, 1.165) is 26.9 Å². The first-order valence-electron chi connectivity index (χ1n) is 6.11. The molecule has 0 saturated carbocycles. The van der Waals surface area contributed by atoms with E-state index in [2.05, 4.69) is 16.1 Å². The summed E-state index contributed by atoms with van der Waals surface area (Å²) in [5.74, 6) is 4.19. The number of benzene rings is 2. The zero-order valence-electron chi connectivity index (χ0n) is 11.1. The molecule has 20 heavy (non-hydrogen) atoms. The molecule has 102 valence electrons. The quantitative estimate of drug-likeness (QED) is 0.711. The van der Waals surface area contributed by atoms with Crippen molar-refractivity contribution >= 4 is 32.1 Å². The van der Waals surface area contributed by atoms with Crippen molar-refractivity contribution in [3.63, 3.8) is 0 Å². The molecule has 0 aliphatic rings. The molecule has 4 nitrogen and oxygen atoms in total. The van der Waals surface area contributed by atoms with Gasteiger partial charge in [-0.05, 0) is 50.8 Å². The summed E-state index contributed by atoms with van der Waals surface area (Å²) in [4.78, 5) is 0.758. The number of nitrogens with one attached hydrogen (secondary N) is 1. The zero-order chi connectivity index (χ0) is 14.3. The molecule has 0 amide bonds. The van der Waals surface area contributed by atoms with E-state index in [1.54, 1.807) is 6.26 Å². The molecule has 0 radical (unpaired) electrons. The fourth-order valence-electron chi connectivity index (χ4n) is 2.16. The van der Waals surface area contributed by atoms with Crippen molar-refractivity contribution in [3.05, 3.63) is 42.5 Å². The molecule has 5 heteroatoms. The monoisotopic (exact) mass is 285 g/mol. The number of nitrogen functional groups attached to an aromatic ring is 1. The zero-order valence-corrected chi connectivity index (χ0v) is 11.9. The average Bonchev–Trinajstić information content (AvgIpc) is 2.79. The van der Waals surface area contributed by atoms with E-state index < -0.39 is 9.52 Å². The van der Waals surface area contributed by atoms with Gasteiger partial charge in [-0.1, -0.05) is 18.2 Å². The molecule has 1 unspecified atom stereocenters. The summed E-state index contributed by atoms with van der Waals surface area (Å²) < 4.78 is 11.9. The van der Waals surface area contributed by atoms with Crippen LogP contribution in [0.5, 0.6) is 0 Å². The van der Waals surface area contributed by atoms with Gasteiger partial charge in [0.1, 0.15) is 0 Å². The Labute approximate surface area is 117 Å². The van der Waals surface area contributed by atoms with Crippen molar-refractivity contribution in [3.8, 4) is 11.1 Å². The summed E-state index contributed by atoms with van der Waals surface area (Å²) in [6.45, 7) is 0. The van der Waals surface area contributed by atoms with Gasteiger partial charge in [0.15, 0.2) is 5.82 Å². The van der Waals surface area contributed by atoms with Crippen LogP contribution in [0, 0.1) is 0 Å². The highest BCUT2D eigenvalue weighted by atomic mass is 32.2. The van der Waals surface area contributed by atoms with Crippen LogP contribution in [0.4, 0.5) is 5.82 Å². The molecule has 2 aromatic carbocycles. The van der Waals surface area contributed by atoms with Crippen LogP contribution in [0.15, 0.2) is 47.4 Å². The molecular formula is C15H15N3OS. The van der Waals surface area contributed by atoms with Crippen LogP contribution in [0.2, 0.25) is 0 Å². The third-order valence-corrected chi connectivity index (χ3v) is 4.55. The molecule has 1 heterocycles. The van der Waals surface area contributed by atoms with Crippen LogP contribution in [0.3, 0.4) is 0 Å². The second kappa shape index (κ2) is 4.38. The van der Waals surface area contributed by atoms with Gasteiger partial charge in [-0.25, -0.2) is 0 Å². The van der Waals surface area contributed by atoms with Crippen molar-refractivity contribution in [1.82, 2.24) is 10.2 Å². The predicted molar refractivity (Wildman–Crippen MR) is 85.4 cm³/mol. The van der Waals surface area contributed by atoms with Crippen LogP contribution < -0.4 is 5.73 Å². The number of hydrogen-bond donors (Lipinski definition) is 2. The SMILES string of the molecule is C=S(C)(=O)c1ccc(-c2ccc3c(N)n[nH]c3c2)cc1. The molecule has 0 bridgehead atoms. The molecule has 3 aromatic rings. The molecular weight excluding hydrogens is 270 g/mol. The lowest BCUT2D eigenvalue weighted by Crippen LogP contribution is -1.95. The van der Waals surface area contributed by atoms with Crippen LogP contribution in [-0.4, -0.2) is 26.5 Å². The smallest absolute Gasteiger partial charge is 0.153 e. The van der Waals surface area contributed by atoms with Crippen molar-refractivity contribution in [2.45, 2.75) is 4.90 Å². The molecule has 1 aromatic heterocycles. The van der Waals surface area contributed by atoms with Crippen molar-refractivity contribution in [1.29, 1.82) is 0 Å². The van der Waals surface area contributed by atoms with E-state index in [1.165, 1.54) is 0 Å². The largest absolute Gasteiger partial charge is 0.382 e. The van der Waals surface area contributed by atoms with Crippen LogP contribution in [-0.2, 0) is 9.52 Å². The fraction of sp³-hybridized carbons (Fsp3) is 0.0667. The van der Waals surface area contributed by atoms with Gasteiger partial charge in [0.2, 0.25) is 0 Å². The summed E-state index contributed by atoms with van der Waals surface area (Å²) >= 11 is 0. The summed E-state index contributed by atoms with van der Waals surface area (Å²) in [5.41, 5.74) is 8.76. The molecule has 0 spiro atoms. The lowest BCUT2D eigenvalue weighted by Gasteiger charge is -2.05. The van der Waals surface area contributed by atoms with E-state index in [0.29, 0.717) is 5.82 Å². The molecule has 3 rings (SSSR count). The first-order chi connectivity index (χ1) is 9.45. The number of aromatic amines is 1. The highest BCUT2D eigenvalue weighted by Crippen LogP contribution is 2.26. The second-order valence-electron chi connectivity index (χ2n) is 4.90. The lowest BCUT2D eigenvalue weighted by molar-refractivity contribution is 0.685. The topological polar surface area (TPSA) is 71.8 Å². The maximum atomic E-state index is 11.9. The number of rotatable bonds is 2. The molecule has 0 saturated heterocycles. The Kier molecular flexibility index (Phi) is 2.79. The number of H-pyrrole nitrogens is 1. The van der Waals surface area contributed by atoms with Gasteiger partial charge in [-0.2, -0.15) is 5.10 Å². The van der Waals surface area contributed by atoms with E-state index >= 15 is 0 Å². The minimum absolute atomic E-state index is 0.504. The predicted octanol–water partition coefficient (Wildman–Crippen LogP) is 2.52. The number of hydrogen-bond acceptors (Lipinski definition) is 3. The van der Waals surface area contributed by atoms with Gasteiger partial charge in [0, 0.05) is 16.5 Å². The van der Waals surface area contributed by atoms with E-state index in [4.69, 9.17) is 5.73 Å². The summed E-state index contributed by atoms with van der Waals surface area (Å²) in [5, 5.41) is 7.80. The highest BCUT2D eigenvalue weighted by Gasteiger charge is 2.06. The molecule has 0 fully saturated rings. The molecule has 0 aliphatic carbocycles. The maximum absolute atomic E-state index is 11.9. The van der Waals surface area contributed by atoms with Crippen LogP contribution >= 0.6 is 0 Å². The van der Waals surface area contributed by atoms with Crippen LogP contribution in [0.1, 0.15) is 0 Å². The Morgan fingerprint density at radius 1 is 1.15 bits per heavy atom. The number of anilines is 1. The Morgan fingerprint density at radius 2 is 1.80 bits per heavy atom. The average molecular weight is 285 g/mol. The van der Waals surface area contributed by atoms with E-state index in [9.17, 15) is 4.21 Å². The van der Waals surface area contributed by atoms with Gasteiger partial charge in [0.25, 0.3) is 0 Å². The number of aromatic nitrogens is 2. The van der Waals surface area contributed by atoms with E-state index in [-0.39, 0.29) is 0 Å². The third kappa shape index (κ3) is 2.16. The molecule has 1 atom stereocenters. The van der Waals surface area contributed by atoms with Crippen molar-refractivity contribution < 1.29 is 4.21 Å². The molecule has 0 aliphatic heterocycles. The van der Waals surface area contributed by atoms with Gasteiger partial charge in [-0.15, -0.1) is 0 Å². The maximum Gasteiger partial charge on any atom is 0.153 e. The Morgan fingerprint density at radius 3 is 2.45 bits per heavy atom. The number of fused-ring (bicyclic) bond motifs is 1.